The van der Waals surface area contributed by atoms with Gasteiger partial charge < -0.3 is 20.7 Å². The quantitative estimate of drug-likeness (QED) is 0.723. The van der Waals surface area contributed by atoms with Crippen molar-refractivity contribution in [1.29, 1.82) is 0 Å². The number of ether oxygens (including phenoxy) is 1. The molecule has 0 saturated heterocycles. The van der Waals surface area contributed by atoms with Gasteiger partial charge in [-0.15, -0.1) is 0 Å². The lowest BCUT2D eigenvalue weighted by Crippen LogP contribution is -2.23. The fourth-order valence-electron chi connectivity index (χ4n) is 2.35. The second-order valence-electron chi connectivity index (χ2n) is 5.52. The van der Waals surface area contributed by atoms with E-state index in [1.54, 1.807) is 37.4 Å². The molecule has 0 unspecified atom stereocenters. The van der Waals surface area contributed by atoms with Crippen molar-refractivity contribution >= 4 is 23.2 Å². The fraction of sp³-hybridized carbons (Fsp3) is 0.263. The summed E-state index contributed by atoms with van der Waals surface area (Å²) in [5, 5.41) is 8.65. The van der Waals surface area contributed by atoms with Gasteiger partial charge in [-0.25, -0.2) is 0 Å². The average Bonchev–Trinajstić information content (AvgIpc) is 2.61. The summed E-state index contributed by atoms with van der Waals surface area (Å²) in [6, 6.07) is 12.5. The van der Waals surface area contributed by atoms with Crippen LogP contribution in [0.3, 0.4) is 0 Å². The predicted molar refractivity (Wildman–Crippen MR) is 99.3 cm³/mol. The lowest BCUT2D eigenvalue weighted by Gasteiger charge is -2.12. The molecular weight excluding hydrogens is 318 g/mol. The van der Waals surface area contributed by atoms with E-state index >= 15 is 0 Å². The third kappa shape index (κ3) is 5.24. The first-order valence-electron chi connectivity index (χ1n) is 8.10. The summed E-state index contributed by atoms with van der Waals surface area (Å²) >= 11 is 0. The third-order valence-corrected chi connectivity index (χ3v) is 3.62. The number of methoxy groups -OCH3 is 1. The summed E-state index contributed by atoms with van der Waals surface area (Å²) in [6.07, 6.45) is 0. The smallest absolute Gasteiger partial charge is 0.251 e. The molecule has 2 amide bonds. The number of carbonyl (C=O) groups excluding carboxylic acids is 2. The van der Waals surface area contributed by atoms with Crippen molar-refractivity contribution in [1.82, 2.24) is 5.32 Å². The summed E-state index contributed by atoms with van der Waals surface area (Å²) < 4.78 is 5.13. The van der Waals surface area contributed by atoms with Crippen LogP contribution in [0, 0.1) is 6.92 Å². The largest absolute Gasteiger partial charge is 0.497 e. The minimum Gasteiger partial charge on any atom is -0.497 e. The van der Waals surface area contributed by atoms with Gasteiger partial charge in [-0.1, -0.05) is 6.07 Å². The molecule has 6 heteroatoms. The van der Waals surface area contributed by atoms with E-state index < -0.39 is 0 Å². The number of amides is 2. The van der Waals surface area contributed by atoms with E-state index in [2.05, 4.69) is 16.0 Å². The Hall–Kier alpha value is -3.02. The van der Waals surface area contributed by atoms with Crippen molar-refractivity contribution in [2.24, 2.45) is 0 Å². The second-order valence-corrected chi connectivity index (χ2v) is 5.52. The standard InChI is InChI=1S/C19H23N3O3/c1-4-20-19(24)14-8-9-17(13(2)10-14)21-12-18(23)22-15-6-5-7-16(11-15)25-3/h5-11,21H,4,12H2,1-3H3,(H,20,24)(H,22,23). The Labute approximate surface area is 147 Å². The number of rotatable bonds is 7. The molecule has 0 aliphatic rings. The molecule has 0 spiro atoms. The molecular formula is C19H23N3O3. The van der Waals surface area contributed by atoms with Crippen LogP contribution in [0.2, 0.25) is 0 Å². The summed E-state index contributed by atoms with van der Waals surface area (Å²) in [7, 11) is 1.58. The number of aryl methyl sites for hydroxylation is 1. The molecule has 2 aromatic carbocycles. The molecule has 0 aliphatic carbocycles. The topological polar surface area (TPSA) is 79.5 Å². The Bertz CT molecular complexity index is 759. The number of hydrogen-bond donors (Lipinski definition) is 3. The lowest BCUT2D eigenvalue weighted by atomic mass is 10.1. The molecule has 0 saturated carbocycles. The molecule has 0 bridgehead atoms. The van der Waals surface area contributed by atoms with Crippen molar-refractivity contribution < 1.29 is 14.3 Å². The van der Waals surface area contributed by atoms with Crippen molar-refractivity contribution in [3.8, 4) is 5.75 Å². The van der Waals surface area contributed by atoms with Crippen molar-refractivity contribution in [2.45, 2.75) is 13.8 Å². The van der Waals surface area contributed by atoms with Crippen molar-refractivity contribution in [3.63, 3.8) is 0 Å². The highest BCUT2D eigenvalue weighted by atomic mass is 16.5. The first-order chi connectivity index (χ1) is 12.0. The summed E-state index contributed by atoms with van der Waals surface area (Å²) in [6.45, 7) is 4.48. The van der Waals surface area contributed by atoms with Crippen molar-refractivity contribution in [3.05, 3.63) is 53.6 Å². The van der Waals surface area contributed by atoms with E-state index in [1.165, 1.54) is 0 Å². The zero-order valence-corrected chi connectivity index (χ0v) is 14.7. The van der Waals surface area contributed by atoms with Crippen LogP contribution in [0.25, 0.3) is 0 Å². The van der Waals surface area contributed by atoms with E-state index in [1.807, 2.05) is 26.0 Å². The highest BCUT2D eigenvalue weighted by Crippen LogP contribution is 2.18. The fourth-order valence-corrected chi connectivity index (χ4v) is 2.35. The molecule has 2 aromatic rings. The summed E-state index contributed by atoms with van der Waals surface area (Å²) in [5.74, 6) is 0.413. The molecule has 0 fully saturated rings. The van der Waals surface area contributed by atoms with Crippen LogP contribution in [-0.2, 0) is 4.79 Å². The Morgan fingerprint density at radius 1 is 1.12 bits per heavy atom. The maximum Gasteiger partial charge on any atom is 0.251 e. The molecule has 0 heterocycles. The van der Waals surface area contributed by atoms with E-state index in [9.17, 15) is 9.59 Å². The Morgan fingerprint density at radius 2 is 1.92 bits per heavy atom. The molecule has 6 nitrogen and oxygen atoms in total. The zero-order chi connectivity index (χ0) is 18.2. The van der Waals surface area contributed by atoms with Crippen LogP contribution in [0.5, 0.6) is 5.75 Å². The average molecular weight is 341 g/mol. The van der Waals surface area contributed by atoms with Crippen molar-refractivity contribution in [2.75, 3.05) is 30.8 Å². The first kappa shape index (κ1) is 18.3. The van der Waals surface area contributed by atoms with Gasteiger partial charge >= 0.3 is 0 Å². The highest BCUT2D eigenvalue weighted by molar-refractivity contribution is 5.96. The summed E-state index contributed by atoms with van der Waals surface area (Å²) in [4.78, 5) is 23.9. The van der Waals surface area contributed by atoms with E-state index in [0.717, 1.165) is 11.3 Å². The maximum absolute atomic E-state index is 12.1. The van der Waals surface area contributed by atoms with Gasteiger partial charge in [-0.2, -0.15) is 0 Å². The molecule has 3 N–H and O–H groups in total. The predicted octanol–water partition coefficient (Wildman–Crippen LogP) is 2.80. The minimum absolute atomic E-state index is 0.104. The maximum atomic E-state index is 12.1. The van der Waals surface area contributed by atoms with E-state index in [0.29, 0.717) is 23.5 Å². The molecule has 25 heavy (non-hydrogen) atoms. The van der Waals surface area contributed by atoms with Gasteiger partial charge in [0.2, 0.25) is 5.91 Å². The van der Waals surface area contributed by atoms with Crippen LogP contribution < -0.4 is 20.7 Å². The summed E-state index contributed by atoms with van der Waals surface area (Å²) in [5.41, 5.74) is 2.99. The van der Waals surface area contributed by atoms with Gasteiger partial charge in [0.1, 0.15) is 5.75 Å². The first-order valence-corrected chi connectivity index (χ1v) is 8.10. The SMILES string of the molecule is CCNC(=O)c1ccc(NCC(=O)Nc2cccc(OC)c2)c(C)c1. The van der Waals surface area contributed by atoms with Crippen LogP contribution >= 0.6 is 0 Å². The minimum atomic E-state index is -0.166. The Morgan fingerprint density at radius 3 is 2.60 bits per heavy atom. The lowest BCUT2D eigenvalue weighted by molar-refractivity contribution is -0.114. The van der Waals surface area contributed by atoms with Crippen LogP contribution in [-0.4, -0.2) is 32.0 Å². The monoisotopic (exact) mass is 341 g/mol. The molecule has 0 atom stereocenters. The molecule has 0 radical (unpaired) electrons. The molecule has 2 rings (SSSR count). The highest BCUT2D eigenvalue weighted by Gasteiger charge is 2.08. The van der Waals surface area contributed by atoms with Crippen LogP contribution in [0.1, 0.15) is 22.8 Å². The molecule has 132 valence electrons. The van der Waals surface area contributed by atoms with E-state index in [4.69, 9.17) is 4.74 Å². The number of nitrogens with one attached hydrogen (secondary N) is 3. The van der Waals surface area contributed by atoms with Gasteiger partial charge in [0, 0.05) is 29.5 Å². The second kappa shape index (κ2) is 8.73. The Kier molecular flexibility index (Phi) is 6.39. The van der Waals surface area contributed by atoms with Gasteiger partial charge in [0.05, 0.1) is 13.7 Å². The van der Waals surface area contributed by atoms with E-state index in [-0.39, 0.29) is 18.4 Å². The Balaban J connectivity index is 1.94. The van der Waals surface area contributed by atoms with Crippen LogP contribution in [0.4, 0.5) is 11.4 Å². The molecule has 0 aromatic heterocycles. The van der Waals surface area contributed by atoms with Gasteiger partial charge in [0.25, 0.3) is 5.91 Å². The third-order valence-electron chi connectivity index (χ3n) is 3.62. The van der Waals surface area contributed by atoms with Gasteiger partial charge in [-0.3, -0.25) is 9.59 Å². The number of anilines is 2. The van der Waals surface area contributed by atoms with Gasteiger partial charge in [-0.05, 0) is 49.7 Å². The normalized spacial score (nSPS) is 10.0. The number of carbonyl (C=O) groups is 2. The zero-order valence-electron chi connectivity index (χ0n) is 14.7. The number of hydrogen-bond acceptors (Lipinski definition) is 4. The number of benzene rings is 2. The molecule has 0 aliphatic heterocycles. The van der Waals surface area contributed by atoms with Crippen LogP contribution in [0.15, 0.2) is 42.5 Å². The van der Waals surface area contributed by atoms with Gasteiger partial charge in [0.15, 0.2) is 0 Å².